The highest BCUT2D eigenvalue weighted by atomic mass is 19.4. The molecule has 0 unspecified atom stereocenters. The molecule has 0 fully saturated rings. The Kier molecular flexibility index (Phi) is 3.41. The third-order valence-electron chi connectivity index (χ3n) is 1.67. The first kappa shape index (κ1) is 12.3. The van der Waals surface area contributed by atoms with Crippen LogP contribution in [0.15, 0.2) is 11.0 Å². The van der Waals surface area contributed by atoms with Crippen LogP contribution in [0.25, 0.3) is 0 Å². The van der Waals surface area contributed by atoms with Gasteiger partial charge in [0.25, 0.3) is 0 Å². The second kappa shape index (κ2) is 4.42. The van der Waals surface area contributed by atoms with Gasteiger partial charge in [-0.1, -0.05) is 0 Å². The molecule has 0 radical (unpaired) electrons. The Morgan fingerprint density at radius 2 is 2.06 bits per heavy atom. The summed E-state index contributed by atoms with van der Waals surface area (Å²) in [5.74, 6) is -1.26. The average Bonchev–Trinajstić information content (AvgIpc) is 2.19. The lowest BCUT2D eigenvalue weighted by molar-refractivity contribution is -0.275. The number of ether oxygens (including phenoxy) is 2. The van der Waals surface area contributed by atoms with Gasteiger partial charge < -0.3 is 14.5 Å². The Bertz CT molecular complexity index is 426. The first-order valence-electron chi connectivity index (χ1n) is 3.99. The third kappa shape index (κ3) is 2.65. The second-order valence-electron chi connectivity index (χ2n) is 2.68. The molecule has 4 nitrogen and oxygen atoms in total. The van der Waals surface area contributed by atoms with Crippen molar-refractivity contribution in [2.75, 3.05) is 7.11 Å². The van der Waals surface area contributed by atoms with E-state index in [0.29, 0.717) is 6.20 Å². The molecule has 0 saturated heterocycles. The second-order valence-corrected chi connectivity index (χ2v) is 2.68. The van der Waals surface area contributed by atoms with E-state index in [1.165, 1.54) is 0 Å². The van der Waals surface area contributed by atoms with E-state index in [9.17, 15) is 22.4 Å². The van der Waals surface area contributed by atoms with E-state index in [2.05, 4.69) is 14.5 Å². The van der Waals surface area contributed by atoms with Crippen molar-refractivity contribution in [3.63, 3.8) is 0 Å². The van der Waals surface area contributed by atoms with Crippen molar-refractivity contribution in [1.82, 2.24) is 4.98 Å². The minimum Gasteiger partial charge on any atom is -0.482 e. The molecule has 0 saturated carbocycles. The lowest BCUT2D eigenvalue weighted by Crippen LogP contribution is -2.23. The summed E-state index contributed by atoms with van der Waals surface area (Å²) in [6, 6.07) is 0. The van der Waals surface area contributed by atoms with Crippen molar-refractivity contribution < 1.29 is 27.0 Å². The Labute approximate surface area is 86.8 Å². The van der Waals surface area contributed by atoms with Crippen LogP contribution in [0.2, 0.25) is 0 Å². The van der Waals surface area contributed by atoms with Crippen molar-refractivity contribution in [2.24, 2.45) is 0 Å². The molecule has 1 aromatic heterocycles. The van der Waals surface area contributed by atoms with E-state index in [1.807, 2.05) is 0 Å². The number of alkyl halides is 4. The first-order valence-corrected chi connectivity index (χ1v) is 3.99. The molecule has 0 aliphatic heterocycles. The predicted molar refractivity (Wildman–Crippen MR) is 45.1 cm³/mol. The predicted octanol–water partition coefficient (Wildman–Crippen LogP) is 1.75. The van der Waals surface area contributed by atoms with Crippen LogP contribution in [0.3, 0.4) is 0 Å². The number of methoxy groups -OCH3 is 1. The van der Waals surface area contributed by atoms with Crippen LogP contribution >= 0.6 is 0 Å². The maximum atomic E-state index is 12.4. The molecule has 0 aliphatic carbocycles. The van der Waals surface area contributed by atoms with Gasteiger partial charge in [0.2, 0.25) is 11.3 Å². The van der Waals surface area contributed by atoms with Crippen LogP contribution in [0.5, 0.6) is 11.6 Å². The molecule has 0 bridgehead atoms. The van der Waals surface area contributed by atoms with Crippen LogP contribution in [-0.2, 0) is 6.67 Å². The number of aromatic nitrogens is 1. The molecule has 0 amide bonds. The van der Waals surface area contributed by atoms with Crippen molar-refractivity contribution in [2.45, 2.75) is 13.0 Å². The average molecular weight is 241 g/mol. The third-order valence-corrected chi connectivity index (χ3v) is 1.67. The van der Waals surface area contributed by atoms with Crippen LogP contribution in [0.1, 0.15) is 5.56 Å². The van der Waals surface area contributed by atoms with E-state index >= 15 is 0 Å². The van der Waals surface area contributed by atoms with Gasteiger partial charge in [0, 0.05) is 0 Å². The summed E-state index contributed by atoms with van der Waals surface area (Å²) in [6.07, 6.45) is -4.34. The largest absolute Gasteiger partial charge is 0.573 e. The molecular weight excluding hydrogens is 234 g/mol. The van der Waals surface area contributed by atoms with Crippen molar-refractivity contribution in [1.29, 1.82) is 0 Å². The summed E-state index contributed by atoms with van der Waals surface area (Å²) < 4.78 is 55.9. The van der Waals surface area contributed by atoms with Gasteiger partial charge in [-0.25, -0.2) is 4.39 Å². The monoisotopic (exact) mass is 241 g/mol. The SMILES string of the molecule is COc1[nH]cc(OC(F)(F)F)c(=O)c1CF. The smallest absolute Gasteiger partial charge is 0.482 e. The van der Waals surface area contributed by atoms with E-state index in [1.54, 1.807) is 0 Å². The molecule has 0 spiro atoms. The van der Waals surface area contributed by atoms with Gasteiger partial charge in [-0.05, 0) is 0 Å². The fourth-order valence-corrected chi connectivity index (χ4v) is 1.04. The van der Waals surface area contributed by atoms with Crippen molar-refractivity contribution in [3.8, 4) is 11.6 Å². The van der Waals surface area contributed by atoms with E-state index in [0.717, 1.165) is 7.11 Å². The number of hydrogen-bond donors (Lipinski definition) is 1. The molecule has 90 valence electrons. The molecule has 1 rings (SSSR count). The van der Waals surface area contributed by atoms with Crippen LogP contribution in [0.4, 0.5) is 17.6 Å². The molecule has 0 aromatic carbocycles. The Balaban J connectivity index is 3.20. The summed E-state index contributed by atoms with van der Waals surface area (Å²) >= 11 is 0. The molecule has 0 atom stereocenters. The number of aromatic amines is 1. The molecule has 1 heterocycles. The highest BCUT2D eigenvalue weighted by Gasteiger charge is 2.33. The molecule has 16 heavy (non-hydrogen) atoms. The standard InChI is InChI=1S/C8H7F4NO3/c1-15-7-4(2-9)6(14)5(3-13-7)16-8(10,11)12/h3H,2H2,1H3,(H,13,14). The van der Waals surface area contributed by atoms with E-state index < -0.39 is 29.8 Å². The van der Waals surface area contributed by atoms with Gasteiger partial charge in [-0.2, -0.15) is 0 Å². The number of rotatable bonds is 3. The zero-order valence-electron chi connectivity index (χ0n) is 8.02. The number of pyridine rings is 1. The maximum Gasteiger partial charge on any atom is 0.573 e. The minimum absolute atomic E-state index is 0.234. The topological polar surface area (TPSA) is 51.3 Å². The molecule has 8 heteroatoms. The summed E-state index contributed by atoms with van der Waals surface area (Å²) in [5.41, 5.74) is -1.75. The maximum absolute atomic E-state index is 12.4. The van der Waals surface area contributed by atoms with Crippen LogP contribution in [-0.4, -0.2) is 18.5 Å². The highest BCUT2D eigenvalue weighted by molar-refractivity contribution is 5.33. The summed E-state index contributed by atoms with van der Waals surface area (Å²) in [4.78, 5) is 13.5. The molecule has 1 aromatic rings. The lowest BCUT2D eigenvalue weighted by atomic mass is 10.2. The molecule has 0 aliphatic rings. The fraction of sp³-hybridized carbons (Fsp3) is 0.375. The van der Waals surface area contributed by atoms with Crippen molar-refractivity contribution in [3.05, 3.63) is 22.0 Å². The Morgan fingerprint density at radius 1 is 1.44 bits per heavy atom. The van der Waals surface area contributed by atoms with Gasteiger partial charge in [0.05, 0.1) is 18.9 Å². The number of hydrogen-bond acceptors (Lipinski definition) is 3. The Hall–Kier alpha value is -1.73. The molecular formula is C8H7F4NO3. The normalized spacial score (nSPS) is 11.3. The lowest BCUT2D eigenvalue weighted by Gasteiger charge is -2.10. The van der Waals surface area contributed by atoms with E-state index in [-0.39, 0.29) is 5.88 Å². The quantitative estimate of drug-likeness (QED) is 0.820. The minimum atomic E-state index is -5.00. The van der Waals surface area contributed by atoms with Gasteiger partial charge in [0.15, 0.2) is 5.75 Å². The van der Waals surface area contributed by atoms with Crippen LogP contribution < -0.4 is 14.9 Å². The Morgan fingerprint density at radius 3 is 2.50 bits per heavy atom. The van der Waals surface area contributed by atoms with Crippen molar-refractivity contribution >= 4 is 0 Å². The van der Waals surface area contributed by atoms with E-state index in [4.69, 9.17) is 0 Å². The fourth-order valence-electron chi connectivity index (χ4n) is 1.04. The number of halogens is 4. The summed E-state index contributed by atoms with van der Waals surface area (Å²) in [6.45, 7) is -1.26. The van der Waals surface area contributed by atoms with Gasteiger partial charge in [-0.15, -0.1) is 13.2 Å². The molecule has 1 N–H and O–H groups in total. The van der Waals surface area contributed by atoms with Crippen LogP contribution in [0, 0.1) is 0 Å². The number of H-pyrrole nitrogens is 1. The summed E-state index contributed by atoms with van der Waals surface area (Å²) in [5, 5.41) is 0. The zero-order valence-corrected chi connectivity index (χ0v) is 8.02. The zero-order chi connectivity index (χ0) is 12.3. The summed E-state index contributed by atoms with van der Waals surface area (Å²) in [7, 11) is 1.15. The van der Waals surface area contributed by atoms with Gasteiger partial charge in [0.1, 0.15) is 6.67 Å². The first-order chi connectivity index (χ1) is 7.39. The van der Waals surface area contributed by atoms with Gasteiger partial charge >= 0.3 is 6.36 Å². The van der Waals surface area contributed by atoms with Gasteiger partial charge in [-0.3, -0.25) is 4.79 Å². The highest BCUT2D eigenvalue weighted by Crippen LogP contribution is 2.22. The number of nitrogens with one attached hydrogen (secondary N) is 1.